The summed E-state index contributed by atoms with van der Waals surface area (Å²) >= 11 is 0. The molecule has 0 aliphatic carbocycles. The second kappa shape index (κ2) is 5.19. The van der Waals surface area contributed by atoms with Gasteiger partial charge in [-0.3, -0.25) is 4.79 Å². The van der Waals surface area contributed by atoms with Crippen molar-refractivity contribution < 1.29 is 13.9 Å². The molecular formula is C15H20FNO2. The minimum absolute atomic E-state index is 0.255. The van der Waals surface area contributed by atoms with E-state index in [9.17, 15) is 9.18 Å². The first-order valence-corrected chi connectivity index (χ1v) is 6.62. The SMILES string of the molecule is CC(C)(C)C(=O)OC1CCCNc2ccc(F)cc21. The number of anilines is 1. The Balaban J connectivity index is 2.27. The Bertz CT molecular complexity index is 480. The van der Waals surface area contributed by atoms with E-state index in [2.05, 4.69) is 5.32 Å². The lowest BCUT2D eigenvalue weighted by atomic mass is 9.96. The van der Waals surface area contributed by atoms with Gasteiger partial charge in [-0.15, -0.1) is 0 Å². The van der Waals surface area contributed by atoms with Crippen LogP contribution in [0.3, 0.4) is 0 Å². The van der Waals surface area contributed by atoms with Crippen LogP contribution in [0.1, 0.15) is 45.3 Å². The fourth-order valence-electron chi connectivity index (χ4n) is 2.06. The maximum atomic E-state index is 13.4. The first kappa shape index (κ1) is 13.8. The number of carbonyl (C=O) groups excluding carboxylic acids is 1. The van der Waals surface area contributed by atoms with E-state index in [1.54, 1.807) is 6.07 Å². The molecule has 1 N–H and O–H groups in total. The number of fused-ring (bicyclic) bond motifs is 1. The molecule has 4 heteroatoms. The van der Waals surface area contributed by atoms with Crippen molar-refractivity contribution in [2.45, 2.75) is 39.7 Å². The predicted octanol–water partition coefficient (Wildman–Crippen LogP) is 3.66. The molecule has 1 atom stereocenters. The quantitative estimate of drug-likeness (QED) is 0.787. The van der Waals surface area contributed by atoms with Crippen molar-refractivity contribution in [3.63, 3.8) is 0 Å². The number of hydrogen-bond donors (Lipinski definition) is 1. The van der Waals surface area contributed by atoms with E-state index in [0.29, 0.717) is 6.42 Å². The lowest BCUT2D eigenvalue weighted by Crippen LogP contribution is -2.25. The molecule has 0 saturated carbocycles. The zero-order valence-corrected chi connectivity index (χ0v) is 11.6. The molecule has 1 unspecified atom stereocenters. The van der Waals surface area contributed by atoms with Crippen LogP contribution in [0, 0.1) is 11.2 Å². The molecule has 1 aliphatic rings. The molecule has 0 amide bonds. The molecule has 0 spiro atoms. The largest absolute Gasteiger partial charge is 0.457 e. The van der Waals surface area contributed by atoms with E-state index < -0.39 is 5.41 Å². The van der Waals surface area contributed by atoms with Crippen LogP contribution >= 0.6 is 0 Å². The normalized spacial score (nSPS) is 19.1. The number of ether oxygens (including phenoxy) is 1. The minimum Gasteiger partial charge on any atom is -0.457 e. The molecule has 0 saturated heterocycles. The van der Waals surface area contributed by atoms with Gasteiger partial charge in [-0.2, -0.15) is 0 Å². The highest BCUT2D eigenvalue weighted by Crippen LogP contribution is 2.34. The van der Waals surface area contributed by atoms with Crippen LogP contribution in [0.4, 0.5) is 10.1 Å². The van der Waals surface area contributed by atoms with Gasteiger partial charge in [0.05, 0.1) is 5.41 Å². The minimum atomic E-state index is -0.548. The lowest BCUT2D eigenvalue weighted by Gasteiger charge is -2.23. The second-order valence-electron chi connectivity index (χ2n) is 5.94. The summed E-state index contributed by atoms with van der Waals surface area (Å²) in [5, 5.41) is 3.24. The average molecular weight is 265 g/mol. The van der Waals surface area contributed by atoms with Gasteiger partial charge in [0, 0.05) is 17.8 Å². The van der Waals surface area contributed by atoms with Crippen molar-refractivity contribution in [3.05, 3.63) is 29.6 Å². The molecule has 1 aliphatic heterocycles. The van der Waals surface area contributed by atoms with Gasteiger partial charge in [-0.25, -0.2) is 4.39 Å². The van der Waals surface area contributed by atoms with Crippen molar-refractivity contribution in [1.29, 1.82) is 0 Å². The van der Waals surface area contributed by atoms with Gasteiger partial charge in [0.2, 0.25) is 0 Å². The fourth-order valence-corrected chi connectivity index (χ4v) is 2.06. The average Bonchev–Trinajstić information content (AvgIpc) is 2.51. The Hall–Kier alpha value is -1.58. The van der Waals surface area contributed by atoms with E-state index in [1.165, 1.54) is 12.1 Å². The Labute approximate surface area is 113 Å². The highest BCUT2D eigenvalue weighted by Gasteiger charge is 2.29. The number of halogens is 1. The lowest BCUT2D eigenvalue weighted by molar-refractivity contribution is -0.159. The van der Waals surface area contributed by atoms with Crippen LogP contribution in [-0.4, -0.2) is 12.5 Å². The highest BCUT2D eigenvalue weighted by atomic mass is 19.1. The maximum Gasteiger partial charge on any atom is 0.311 e. The summed E-state index contributed by atoms with van der Waals surface area (Å²) in [6.45, 7) is 6.26. The van der Waals surface area contributed by atoms with Gasteiger partial charge >= 0.3 is 5.97 Å². The molecule has 2 rings (SSSR count). The summed E-state index contributed by atoms with van der Waals surface area (Å²) in [7, 11) is 0. The van der Waals surface area contributed by atoms with Gasteiger partial charge in [0.1, 0.15) is 11.9 Å². The number of nitrogens with one attached hydrogen (secondary N) is 1. The molecule has 0 aromatic heterocycles. The van der Waals surface area contributed by atoms with Crippen LogP contribution in [0.5, 0.6) is 0 Å². The first-order chi connectivity index (χ1) is 8.88. The third-order valence-corrected chi connectivity index (χ3v) is 3.18. The molecule has 1 heterocycles. The Morgan fingerprint density at radius 2 is 2.16 bits per heavy atom. The van der Waals surface area contributed by atoms with Gasteiger partial charge in [0.15, 0.2) is 0 Å². The molecule has 1 aromatic rings. The summed E-state index contributed by atoms with van der Waals surface area (Å²) in [5.74, 6) is -0.561. The van der Waals surface area contributed by atoms with Gasteiger partial charge < -0.3 is 10.1 Å². The van der Waals surface area contributed by atoms with Crippen LogP contribution < -0.4 is 5.32 Å². The van der Waals surface area contributed by atoms with Crippen molar-refractivity contribution >= 4 is 11.7 Å². The van der Waals surface area contributed by atoms with E-state index in [0.717, 1.165) is 24.2 Å². The summed E-state index contributed by atoms with van der Waals surface area (Å²) in [6, 6.07) is 4.57. The molecule has 0 radical (unpaired) electrons. The molecule has 104 valence electrons. The van der Waals surface area contributed by atoms with E-state index in [4.69, 9.17) is 4.74 Å². The van der Waals surface area contributed by atoms with Crippen LogP contribution in [0.15, 0.2) is 18.2 Å². The summed E-state index contributed by atoms with van der Waals surface area (Å²) in [5.41, 5.74) is 1.04. The molecule has 0 bridgehead atoms. The molecule has 19 heavy (non-hydrogen) atoms. The summed E-state index contributed by atoms with van der Waals surface area (Å²) in [4.78, 5) is 12.0. The van der Waals surface area contributed by atoms with Crippen LogP contribution in [0.2, 0.25) is 0 Å². The molecule has 0 fully saturated rings. The smallest absolute Gasteiger partial charge is 0.311 e. The molecule has 3 nitrogen and oxygen atoms in total. The number of esters is 1. The molecular weight excluding hydrogens is 245 g/mol. The van der Waals surface area contributed by atoms with Crippen LogP contribution in [0.25, 0.3) is 0 Å². The Kier molecular flexibility index (Phi) is 3.78. The standard InChI is InChI=1S/C15H20FNO2/c1-15(2,3)14(18)19-13-5-4-8-17-12-7-6-10(16)9-11(12)13/h6-7,9,13,17H,4-5,8H2,1-3H3. The Morgan fingerprint density at radius 1 is 1.42 bits per heavy atom. The summed E-state index contributed by atoms with van der Waals surface area (Å²) in [6.07, 6.45) is 1.23. The van der Waals surface area contributed by atoms with E-state index in [1.807, 2.05) is 20.8 Å². The van der Waals surface area contributed by atoms with Gasteiger partial charge in [-0.1, -0.05) is 0 Å². The van der Waals surface area contributed by atoms with E-state index >= 15 is 0 Å². The van der Waals surface area contributed by atoms with Crippen molar-refractivity contribution in [1.82, 2.24) is 0 Å². The third kappa shape index (κ3) is 3.25. The number of rotatable bonds is 1. The summed E-state index contributed by atoms with van der Waals surface area (Å²) < 4.78 is 19.0. The van der Waals surface area contributed by atoms with E-state index in [-0.39, 0.29) is 17.9 Å². The maximum absolute atomic E-state index is 13.4. The topological polar surface area (TPSA) is 38.3 Å². The monoisotopic (exact) mass is 265 g/mol. The number of carbonyl (C=O) groups is 1. The van der Waals surface area contributed by atoms with Crippen LogP contribution in [-0.2, 0) is 9.53 Å². The fraction of sp³-hybridized carbons (Fsp3) is 0.533. The number of hydrogen-bond acceptors (Lipinski definition) is 3. The predicted molar refractivity (Wildman–Crippen MR) is 72.4 cm³/mol. The van der Waals surface area contributed by atoms with Crippen molar-refractivity contribution in [3.8, 4) is 0 Å². The molecule has 1 aromatic carbocycles. The zero-order valence-electron chi connectivity index (χ0n) is 11.6. The van der Waals surface area contributed by atoms with Crippen molar-refractivity contribution in [2.75, 3.05) is 11.9 Å². The third-order valence-electron chi connectivity index (χ3n) is 3.18. The second-order valence-corrected chi connectivity index (χ2v) is 5.94. The highest BCUT2D eigenvalue weighted by molar-refractivity contribution is 5.76. The van der Waals surface area contributed by atoms with Gasteiger partial charge in [-0.05, 0) is 51.8 Å². The first-order valence-electron chi connectivity index (χ1n) is 6.62. The number of benzene rings is 1. The Morgan fingerprint density at radius 3 is 2.84 bits per heavy atom. The van der Waals surface area contributed by atoms with Crippen molar-refractivity contribution in [2.24, 2.45) is 5.41 Å². The zero-order chi connectivity index (χ0) is 14.0. The van der Waals surface area contributed by atoms with Gasteiger partial charge in [0.25, 0.3) is 0 Å².